The summed E-state index contributed by atoms with van der Waals surface area (Å²) in [5, 5.41) is 0. The standard InChI is InChI=1S/C17H28N2/c1-13(16-7-9-17(18)10-8-16)11-12-19-14(2)5-4-6-15(19)3/h7-10,13-15H,4-6,11-12,18H2,1-3H3/t13?,14-,15+. The van der Waals surface area contributed by atoms with Gasteiger partial charge in [0.25, 0.3) is 0 Å². The number of piperidine rings is 1. The minimum Gasteiger partial charge on any atom is -0.399 e. The third kappa shape index (κ3) is 3.73. The van der Waals surface area contributed by atoms with E-state index < -0.39 is 0 Å². The van der Waals surface area contributed by atoms with Crippen molar-refractivity contribution in [3.63, 3.8) is 0 Å². The molecular weight excluding hydrogens is 232 g/mol. The van der Waals surface area contributed by atoms with Crippen LogP contribution in [-0.2, 0) is 0 Å². The lowest BCUT2D eigenvalue weighted by atomic mass is 9.94. The zero-order chi connectivity index (χ0) is 13.8. The number of hydrogen-bond donors (Lipinski definition) is 1. The summed E-state index contributed by atoms with van der Waals surface area (Å²) < 4.78 is 0. The molecule has 0 radical (unpaired) electrons. The van der Waals surface area contributed by atoms with E-state index in [0.29, 0.717) is 5.92 Å². The molecule has 0 bridgehead atoms. The second-order valence-electron chi connectivity index (χ2n) is 6.22. The highest BCUT2D eigenvalue weighted by atomic mass is 15.2. The number of likely N-dealkylation sites (tertiary alicyclic amines) is 1. The summed E-state index contributed by atoms with van der Waals surface area (Å²) in [7, 11) is 0. The average molecular weight is 260 g/mol. The number of benzene rings is 1. The van der Waals surface area contributed by atoms with Crippen LogP contribution >= 0.6 is 0 Å². The van der Waals surface area contributed by atoms with E-state index in [2.05, 4.69) is 37.8 Å². The molecule has 2 N–H and O–H groups in total. The normalized spacial score (nSPS) is 26.3. The number of hydrogen-bond acceptors (Lipinski definition) is 2. The molecule has 1 aliphatic heterocycles. The monoisotopic (exact) mass is 260 g/mol. The van der Waals surface area contributed by atoms with Gasteiger partial charge in [-0.3, -0.25) is 4.90 Å². The van der Waals surface area contributed by atoms with E-state index in [9.17, 15) is 0 Å². The Bertz CT molecular complexity index is 375. The van der Waals surface area contributed by atoms with Gasteiger partial charge in [-0.25, -0.2) is 0 Å². The minimum atomic E-state index is 0.613. The number of nitrogen functional groups attached to an aromatic ring is 1. The van der Waals surface area contributed by atoms with E-state index in [1.54, 1.807) is 0 Å². The number of nitrogens with two attached hydrogens (primary N) is 1. The van der Waals surface area contributed by atoms with Crippen LogP contribution in [0, 0.1) is 0 Å². The Morgan fingerprint density at radius 2 is 1.74 bits per heavy atom. The first kappa shape index (κ1) is 14.4. The highest BCUT2D eigenvalue weighted by Gasteiger charge is 2.24. The quantitative estimate of drug-likeness (QED) is 0.828. The smallest absolute Gasteiger partial charge is 0.0314 e. The third-order valence-corrected chi connectivity index (χ3v) is 4.70. The maximum Gasteiger partial charge on any atom is 0.0314 e. The summed E-state index contributed by atoms with van der Waals surface area (Å²) in [4.78, 5) is 2.69. The topological polar surface area (TPSA) is 29.3 Å². The Kier molecular flexibility index (Phi) is 4.87. The Balaban J connectivity index is 1.88. The van der Waals surface area contributed by atoms with Crippen molar-refractivity contribution in [2.45, 2.75) is 64.5 Å². The van der Waals surface area contributed by atoms with Crippen molar-refractivity contribution in [1.29, 1.82) is 0 Å². The lowest BCUT2D eigenvalue weighted by Gasteiger charge is -2.39. The molecule has 0 saturated carbocycles. The van der Waals surface area contributed by atoms with Gasteiger partial charge in [0.1, 0.15) is 0 Å². The first-order valence-electron chi connectivity index (χ1n) is 7.69. The van der Waals surface area contributed by atoms with Crippen molar-refractivity contribution in [3.05, 3.63) is 29.8 Å². The van der Waals surface area contributed by atoms with E-state index in [1.807, 2.05) is 12.1 Å². The van der Waals surface area contributed by atoms with Gasteiger partial charge in [0, 0.05) is 17.8 Å². The van der Waals surface area contributed by atoms with Crippen molar-refractivity contribution in [1.82, 2.24) is 4.90 Å². The van der Waals surface area contributed by atoms with E-state index in [-0.39, 0.29) is 0 Å². The number of anilines is 1. The highest BCUT2D eigenvalue weighted by molar-refractivity contribution is 5.40. The Labute approximate surface area is 118 Å². The zero-order valence-corrected chi connectivity index (χ0v) is 12.6. The SMILES string of the molecule is CC(CCN1[C@H](C)CCC[C@@H]1C)c1ccc(N)cc1. The fourth-order valence-corrected chi connectivity index (χ4v) is 3.25. The fraction of sp³-hybridized carbons (Fsp3) is 0.647. The van der Waals surface area contributed by atoms with Gasteiger partial charge in [-0.05, 0) is 63.3 Å². The number of rotatable bonds is 4. The van der Waals surface area contributed by atoms with Crippen molar-refractivity contribution in [2.24, 2.45) is 0 Å². The molecule has 1 heterocycles. The maximum absolute atomic E-state index is 5.75. The molecule has 1 unspecified atom stereocenters. The van der Waals surface area contributed by atoms with Gasteiger partial charge < -0.3 is 5.73 Å². The molecule has 2 rings (SSSR count). The summed E-state index contributed by atoms with van der Waals surface area (Å²) >= 11 is 0. The van der Waals surface area contributed by atoms with Crippen molar-refractivity contribution >= 4 is 5.69 Å². The summed E-state index contributed by atoms with van der Waals surface area (Å²) in [6, 6.07) is 9.87. The predicted octanol–water partition coefficient (Wildman–Crippen LogP) is 4.03. The van der Waals surface area contributed by atoms with Crippen LogP contribution in [0.1, 0.15) is 57.9 Å². The number of nitrogens with zero attached hydrogens (tertiary/aromatic N) is 1. The molecule has 1 saturated heterocycles. The molecule has 3 atom stereocenters. The molecule has 2 heteroatoms. The summed E-state index contributed by atoms with van der Waals surface area (Å²) in [6.07, 6.45) is 5.35. The fourth-order valence-electron chi connectivity index (χ4n) is 3.25. The molecule has 1 aromatic rings. The van der Waals surface area contributed by atoms with Crippen LogP contribution in [0.2, 0.25) is 0 Å². The van der Waals surface area contributed by atoms with Crippen LogP contribution in [0.15, 0.2) is 24.3 Å². The molecule has 106 valence electrons. The summed E-state index contributed by atoms with van der Waals surface area (Å²) in [6.45, 7) is 8.30. The van der Waals surface area contributed by atoms with Crippen molar-refractivity contribution in [2.75, 3.05) is 12.3 Å². The molecule has 0 amide bonds. The molecule has 0 spiro atoms. The second-order valence-corrected chi connectivity index (χ2v) is 6.22. The van der Waals surface area contributed by atoms with E-state index in [4.69, 9.17) is 5.73 Å². The largest absolute Gasteiger partial charge is 0.399 e. The average Bonchev–Trinajstić information content (AvgIpc) is 2.38. The Morgan fingerprint density at radius 1 is 1.16 bits per heavy atom. The molecule has 1 aromatic carbocycles. The van der Waals surface area contributed by atoms with Crippen molar-refractivity contribution in [3.8, 4) is 0 Å². The molecule has 19 heavy (non-hydrogen) atoms. The van der Waals surface area contributed by atoms with Gasteiger partial charge in [-0.1, -0.05) is 25.5 Å². The summed E-state index contributed by atoms with van der Waals surface area (Å²) in [5.41, 5.74) is 8.01. The van der Waals surface area contributed by atoms with E-state index >= 15 is 0 Å². The highest BCUT2D eigenvalue weighted by Crippen LogP contribution is 2.26. The Hall–Kier alpha value is -1.02. The lowest BCUT2D eigenvalue weighted by molar-refractivity contribution is 0.100. The first-order chi connectivity index (χ1) is 9.08. The van der Waals surface area contributed by atoms with Gasteiger partial charge in [0.2, 0.25) is 0 Å². The zero-order valence-electron chi connectivity index (χ0n) is 12.6. The predicted molar refractivity (Wildman–Crippen MR) is 83.4 cm³/mol. The van der Waals surface area contributed by atoms with E-state index in [0.717, 1.165) is 17.8 Å². The van der Waals surface area contributed by atoms with Gasteiger partial charge in [0.15, 0.2) is 0 Å². The first-order valence-corrected chi connectivity index (χ1v) is 7.69. The molecule has 1 aliphatic rings. The molecule has 2 nitrogen and oxygen atoms in total. The van der Waals surface area contributed by atoms with Crippen LogP contribution in [0.5, 0.6) is 0 Å². The van der Waals surface area contributed by atoms with Gasteiger partial charge in [0.05, 0.1) is 0 Å². The molecule has 1 fully saturated rings. The Morgan fingerprint density at radius 3 is 2.32 bits per heavy atom. The second kappa shape index (κ2) is 6.42. The maximum atomic E-state index is 5.75. The molecular formula is C17H28N2. The van der Waals surface area contributed by atoms with E-state index in [1.165, 1.54) is 37.8 Å². The summed E-state index contributed by atoms with van der Waals surface area (Å²) in [5.74, 6) is 0.613. The lowest BCUT2D eigenvalue weighted by Crippen LogP contribution is -2.44. The minimum absolute atomic E-state index is 0.613. The third-order valence-electron chi connectivity index (χ3n) is 4.70. The van der Waals surface area contributed by atoms with Crippen LogP contribution in [0.4, 0.5) is 5.69 Å². The van der Waals surface area contributed by atoms with Gasteiger partial charge in [-0.15, -0.1) is 0 Å². The molecule has 0 aromatic heterocycles. The van der Waals surface area contributed by atoms with Crippen molar-refractivity contribution < 1.29 is 0 Å². The van der Waals surface area contributed by atoms with Gasteiger partial charge >= 0.3 is 0 Å². The van der Waals surface area contributed by atoms with Crippen LogP contribution < -0.4 is 5.73 Å². The van der Waals surface area contributed by atoms with Crippen LogP contribution in [-0.4, -0.2) is 23.5 Å². The van der Waals surface area contributed by atoms with Crippen LogP contribution in [0.3, 0.4) is 0 Å². The van der Waals surface area contributed by atoms with Crippen LogP contribution in [0.25, 0.3) is 0 Å². The molecule has 0 aliphatic carbocycles. The van der Waals surface area contributed by atoms with Gasteiger partial charge in [-0.2, -0.15) is 0 Å².